The Bertz CT molecular complexity index is 681. The van der Waals surface area contributed by atoms with E-state index in [0.717, 1.165) is 5.56 Å². The van der Waals surface area contributed by atoms with Crippen molar-refractivity contribution in [2.75, 3.05) is 5.32 Å². The van der Waals surface area contributed by atoms with Crippen LogP contribution in [0.25, 0.3) is 0 Å². The number of hydrogen-bond acceptors (Lipinski definition) is 3. The Balaban J connectivity index is 2.14. The molecule has 2 N–H and O–H groups in total. The summed E-state index contributed by atoms with van der Waals surface area (Å²) >= 11 is 0. The minimum absolute atomic E-state index is 0.0589. The van der Waals surface area contributed by atoms with E-state index in [-0.39, 0.29) is 5.56 Å². The number of carbonyl (C=O) groups excluding carboxylic acids is 1. The van der Waals surface area contributed by atoms with Gasteiger partial charge in [-0.2, -0.15) is 5.26 Å². The van der Waals surface area contributed by atoms with Crippen molar-refractivity contribution in [3.63, 3.8) is 0 Å². The zero-order chi connectivity index (χ0) is 13.7. The van der Waals surface area contributed by atoms with Crippen molar-refractivity contribution in [1.29, 1.82) is 5.26 Å². The third-order valence-corrected chi connectivity index (χ3v) is 2.56. The van der Waals surface area contributed by atoms with Gasteiger partial charge in [0.1, 0.15) is 5.56 Å². The quantitative estimate of drug-likeness (QED) is 0.872. The number of nitrogens with zero attached hydrogens (tertiary/aromatic N) is 1. The van der Waals surface area contributed by atoms with E-state index in [4.69, 9.17) is 5.26 Å². The average Bonchev–Trinajstić information content (AvgIpc) is 2.42. The normalized spacial score (nSPS) is 9.63. The van der Waals surface area contributed by atoms with Crippen LogP contribution in [-0.2, 0) is 6.42 Å². The molecule has 0 aliphatic heterocycles. The molecule has 1 heterocycles. The average molecular weight is 253 g/mol. The highest BCUT2D eigenvalue weighted by Crippen LogP contribution is 2.10. The van der Waals surface area contributed by atoms with E-state index >= 15 is 0 Å². The number of H-pyrrole nitrogens is 1. The van der Waals surface area contributed by atoms with Crippen LogP contribution in [0.4, 0.5) is 5.69 Å². The summed E-state index contributed by atoms with van der Waals surface area (Å²) < 4.78 is 0. The van der Waals surface area contributed by atoms with E-state index in [2.05, 4.69) is 10.3 Å². The molecule has 19 heavy (non-hydrogen) atoms. The van der Waals surface area contributed by atoms with Crippen molar-refractivity contribution in [2.45, 2.75) is 6.42 Å². The molecule has 0 radical (unpaired) electrons. The number of pyridine rings is 1. The molecule has 2 rings (SSSR count). The number of rotatable bonds is 3. The molecule has 0 saturated carbocycles. The number of carbonyl (C=O) groups is 1. The Kier molecular flexibility index (Phi) is 3.74. The minimum Gasteiger partial charge on any atom is -0.328 e. The molecule has 0 fully saturated rings. The van der Waals surface area contributed by atoms with Gasteiger partial charge < -0.3 is 10.3 Å². The van der Waals surface area contributed by atoms with Crippen molar-refractivity contribution >= 4 is 11.6 Å². The highest BCUT2D eigenvalue weighted by atomic mass is 16.2. The molecule has 0 atom stereocenters. The summed E-state index contributed by atoms with van der Waals surface area (Å²) in [7, 11) is 0. The molecule has 5 heteroatoms. The van der Waals surface area contributed by atoms with Gasteiger partial charge in [-0.3, -0.25) is 9.59 Å². The van der Waals surface area contributed by atoms with Gasteiger partial charge in [-0.05, 0) is 29.8 Å². The third kappa shape index (κ3) is 3.07. The second-order valence-corrected chi connectivity index (χ2v) is 3.90. The number of hydrogen-bond donors (Lipinski definition) is 2. The van der Waals surface area contributed by atoms with Crippen molar-refractivity contribution in [2.24, 2.45) is 0 Å². The van der Waals surface area contributed by atoms with E-state index in [1.807, 2.05) is 6.07 Å². The van der Waals surface area contributed by atoms with Crippen LogP contribution in [0, 0.1) is 11.3 Å². The summed E-state index contributed by atoms with van der Waals surface area (Å²) in [5.74, 6) is -0.463. The van der Waals surface area contributed by atoms with Gasteiger partial charge in [0.05, 0.1) is 12.5 Å². The zero-order valence-corrected chi connectivity index (χ0v) is 10.0. The highest BCUT2D eigenvalue weighted by Gasteiger charge is 2.09. The fourth-order valence-electron chi connectivity index (χ4n) is 1.60. The summed E-state index contributed by atoms with van der Waals surface area (Å²) in [5.41, 5.74) is 1.08. The van der Waals surface area contributed by atoms with E-state index in [0.29, 0.717) is 12.1 Å². The minimum atomic E-state index is -0.463. The van der Waals surface area contributed by atoms with Gasteiger partial charge in [0, 0.05) is 11.9 Å². The monoisotopic (exact) mass is 253 g/mol. The van der Waals surface area contributed by atoms with Crippen LogP contribution in [0.3, 0.4) is 0 Å². The lowest BCUT2D eigenvalue weighted by molar-refractivity contribution is 0.102. The molecule has 0 unspecified atom stereocenters. The van der Waals surface area contributed by atoms with Gasteiger partial charge in [0.15, 0.2) is 0 Å². The number of benzene rings is 1. The predicted octanol–water partition coefficient (Wildman–Crippen LogP) is 1.69. The van der Waals surface area contributed by atoms with Gasteiger partial charge in [0.25, 0.3) is 11.5 Å². The summed E-state index contributed by atoms with van der Waals surface area (Å²) in [6.45, 7) is 0. The first kappa shape index (κ1) is 12.6. The molecule has 94 valence electrons. The first-order valence-electron chi connectivity index (χ1n) is 5.65. The molecule has 0 aliphatic rings. The zero-order valence-electron chi connectivity index (χ0n) is 10.0. The second kappa shape index (κ2) is 5.65. The van der Waals surface area contributed by atoms with E-state index < -0.39 is 11.5 Å². The lowest BCUT2D eigenvalue weighted by atomic mass is 10.1. The summed E-state index contributed by atoms with van der Waals surface area (Å²) in [5, 5.41) is 11.2. The molecule has 1 aromatic carbocycles. The van der Waals surface area contributed by atoms with Crippen molar-refractivity contribution in [3.8, 4) is 6.07 Å². The Hall–Kier alpha value is -2.87. The molecule has 2 aromatic rings. The smallest absolute Gasteiger partial charge is 0.261 e. The molecule has 0 saturated heterocycles. The predicted molar refractivity (Wildman–Crippen MR) is 70.8 cm³/mol. The third-order valence-electron chi connectivity index (χ3n) is 2.56. The lowest BCUT2D eigenvalue weighted by Gasteiger charge is -2.05. The lowest BCUT2D eigenvalue weighted by Crippen LogP contribution is -2.22. The van der Waals surface area contributed by atoms with Gasteiger partial charge >= 0.3 is 0 Å². The van der Waals surface area contributed by atoms with Crippen LogP contribution in [0.15, 0.2) is 47.4 Å². The van der Waals surface area contributed by atoms with Crippen molar-refractivity contribution in [1.82, 2.24) is 4.98 Å². The molecule has 1 amide bonds. The number of nitriles is 1. The van der Waals surface area contributed by atoms with E-state index in [1.165, 1.54) is 12.3 Å². The summed E-state index contributed by atoms with van der Waals surface area (Å²) in [6, 6.07) is 12.0. The fourth-order valence-corrected chi connectivity index (χ4v) is 1.60. The molecular weight excluding hydrogens is 242 g/mol. The Morgan fingerprint density at radius 2 is 2.00 bits per heavy atom. The number of anilines is 1. The van der Waals surface area contributed by atoms with Crippen LogP contribution in [-0.4, -0.2) is 10.9 Å². The largest absolute Gasteiger partial charge is 0.328 e. The number of aromatic nitrogens is 1. The molecule has 1 aromatic heterocycles. The van der Waals surface area contributed by atoms with Gasteiger partial charge in [0.2, 0.25) is 0 Å². The number of nitrogens with one attached hydrogen (secondary N) is 2. The first-order chi connectivity index (χ1) is 9.20. The van der Waals surface area contributed by atoms with E-state index in [1.54, 1.807) is 30.3 Å². The SMILES string of the molecule is N#CCc1ccc(NC(=O)c2ccc[nH]c2=O)cc1. The molecule has 5 nitrogen and oxygen atoms in total. The highest BCUT2D eigenvalue weighted by molar-refractivity contribution is 6.03. The second-order valence-electron chi connectivity index (χ2n) is 3.90. The van der Waals surface area contributed by atoms with Crippen LogP contribution < -0.4 is 10.9 Å². The number of amides is 1. The molecule has 0 bridgehead atoms. The molecule has 0 spiro atoms. The Labute approximate surface area is 109 Å². The van der Waals surface area contributed by atoms with Crippen LogP contribution in [0.5, 0.6) is 0 Å². The van der Waals surface area contributed by atoms with Gasteiger partial charge in [-0.25, -0.2) is 0 Å². The summed E-state index contributed by atoms with van der Waals surface area (Å²) in [4.78, 5) is 25.7. The topological polar surface area (TPSA) is 85.8 Å². The maximum atomic E-state index is 11.9. The van der Waals surface area contributed by atoms with Crippen molar-refractivity contribution < 1.29 is 4.79 Å². The Morgan fingerprint density at radius 1 is 1.26 bits per heavy atom. The van der Waals surface area contributed by atoms with Crippen molar-refractivity contribution in [3.05, 3.63) is 64.1 Å². The van der Waals surface area contributed by atoms with Crippen LogP contribution >= 0.6 is 0 Å². The molecule has 0 aliphatic carbocycles. The standard InChI is InChI=1S/C14H11N3O2/c15-8-7-10-3-5-11(6-4-10)17-14(19)12-2-1-9-16-13(12)18/h1-6,9H,7H2,(H,16,18)(H,17,19). The maximum Gasteiger partial charge on any atom is 0.261 e. The van der Waals surface area contributed by atoms with Gasteiger partial charge in [-0.15, -0.1) is 0 Å². The Morgan fingerprint density at radius 3 is 2.63 bits per heavy atom. The molecular formula is C14H11N3O2. The maximum absolute atomic E-state index is 11.9. The number of aromatic amines is 1. The summed E-state index contributed by atoms with van der Waals surface area (Å²) in [6.07, 6.45) is 1.79. The fraction of sp³-hybridized carbons (Fsp3) is 0.0714. The van der Waals surface area contributed by atoms with E-state index in [9.17, 15) is 9.59 Å². The van der Waals surface area contributed by atoms with Crippen LogP contribution in [0.2, 0.25) is 0 Å². The van der Waals surface area contributed by atoms with Crippen LogP contribution in [0.1, 0.15) is 15.9 Å². The first-order valence-corrected chi connectivity index (χ1v) is 5.65. The van der Waals surface area contributed by atoms with Gasteiger partial charge in [-0.1, -0.05) is 12.1 Å².